The molecular formula is C19H20N2O3S. The Morgan fingerprint density at radius 3 is 2.56 bits per heavy atom. The van der Waals surface area contributed by atoms with Crippen LogP contribution in [-0.2, 0) is 9.84 Å². The number of hydrogen-bond donors (Lipinski definition) is 1. The van der Waals surface area contributed by atoms with Gasteiger partial charge >= 0.3 is 0 Å². The van der Waals surface area contributed by atoms with Crippen LogP contribution in [0.2, 0.25) is 0 Å². The molecule has 0 radical (unpaired) electrons. The lowest BCUT2D eigenvalue weighted by atomic mass is 10.0. The number of rotatable bonds is 1. The van der Waals surface area contributed by atoms with Crippen molar-refractivity contribution < 1.29 is 13.5 Å². The molecule has 1 N–H and O–H groups in total. The monoisotopic (exact) mass is 356 g/mol. The predicted molar refractivity (Wildman–Crippen MR) is 95.8 cm³/mol. The van der Waals surface area contributed by atoms with E-state index in [1.807, 2.05) is 12.1 Å². The van der Waals surface area contributed by atoms with Gasteiger partial charge in [-0.05, 0) is 31.0 Å². The number of sulfone groups is 1. The molecule has 2 aromatic rings. The molecule has 0 aromatic heterocycles. The number of aromatic hydroxyl groups is 1. The normalized spacial score (nSPS) is 26.2. The zero-order valence-corrected chi connectivity index (χ0v) is 14.7. The van der Waals surface area contributed by atoms with Gasteiger partial charge in [-0.2, -0.15) is 0 Å². The Labute approximate surface area is 147 Å². The number of phenolic OH excluding ortho intramolecular Hbond substituents is 1. The second-order valence-electron chi connectivity index (χ2n) is 7.10. The minimum absolute atomic E-state index is 0.0463. The first-order valence-electron chi connectivity index (χ1n) is 8.76. The van der Waals surface area contributed by atoms with Crippen LogP contribution in [-0.4, -0.2) is 50.6 Å². The number of benzene rings is 2. The highest BCUT2D eigenvalue weighted by molar-refractivity contribution is 7.92. The molecule has 0 spiro atoms. The molecule has 6 rings (SSSR count). The molecule has 6 heteroatoms. The summed E-state index contributed by atoms with van der Waals surface area (Å²) in [5.74, 6) is -0.170. The van der Waals surface area contributed by atoms with Crippen molar-refractivity contribution in [2.45, 2.75) is 28.7 Å². The molecular weight excluding hydrogens is 336 g/mol. The molecule has 2 aromatic carbocycles. The van der Waals surface area contributed by atoms with Crippen molar-refractivity contribution in [1.29, 1.82) is 0 Å². The van der Waals surface area contributed by atoms with E-state index in [4.69, 9.17) is 0 Å². The van der Waals surface area contributed by atoms with Gasteiger partial charge < -0.3 is 14.9 Å². The lowest BCUT2D eigenvalue weighted by Crippen LogP contribution is -2.37. The molecule has 4 aliphatic rings. The van der Waals surface area contributed by atoms with Gasteiger partial charge in [-0.25, -0.2) is 8.42 Å². The number of phenols is 1. The third kappa shape index (κ3) is 2.14. The summed E-state index contributed by atoms with van der Waals surface area (Å²) < 4.78 is 25.9. The fourth-order valence-electron chi connectivity index (χ4n) is 4.49. The molecule has 130 valence electrons. The lowest BCUT2D eigenvalue weighted by Gasteiger charge is -2.33. The van der Waals surface area contributed by atoms with Crippen molar-refractivity contribution in [3.8, 4) is 16.9 Å². The zero-order chi connectivity index (χ0) is 17.2. The van der Waals surface area contributed by atoms with Crippen LogP contribution in [0.5, 0.6) is 5.75 Å². The summed E-state index contributed by atoms with van der Waals surface area (Å²) in [7, 11) is -3.67. The number of nitrogens with zero attached hydrogens (tertiary/aromatic N) is 2. The van der Waals surface area contributed by atoms with Crippen LogP contribution in [0.15, 0.2) is 46.2 Å². The highest BCUT2D eigenvalue weighted by Crippen LogP contribution is 2.48. The molecule has 0 saturated carbocycles. The largest absolute Gasteiger partial charge is 0.507 e. The molecule has 3 saturated heterocycles. The van der Waals surface area contributed by atoms with E-state index in [0.29, 0.717) is 22.1 Å². The summed E-state index contributed by atoms with van der Waals surface area (Å²) in [5, 5.41) is 10.1. The number of hydrogen-bond acceptors (Lipinski definition) is 5. The summed E-state index contributed by atoms with van der Waals surface area (Å²) in [5.41, 5.74) is 2.27. The topological polar surface area (TPSA) is 60.9 Å². The minimum atomic E-state index is -3.67. The van der Waals surface area contributed by atoms with Gasteiger partial charge in [-0.3, -0.25) is 0 Å². The van der Waals surface area contributed by atoms with Crippen molar-refractivity contribution in [2.24, 2.45) is 0 Å². The average molecular weight is 356 g/mol. The van der Waals surface area contributed by atoms with Gasteiger partial charge in [0.15, 0.2) is 0 Å². The van der Waals surface area contributed by atoms with Crippen molar-refractivity contribution in [2.75, 3.05) is 31.1 Å². The lowest BCUT2D eigenvalue weighted by molar-refractivity contribution is 0.250. The first kappa shape index (κ1) is 15.2. The molecule has 0 unspecified atom stereocenters. The Kier molecular flexibility index (Phi) is 3.18. The van der Waals surface area contributed by atoms with Gasteiger partial charge in [0.25, 0.3) is 0 Å². The molecule has 0 atom stereocenters. The second-order valence-corrected chi connectivity index (χ2v) is 8.96. The van der Waals surface area contributed by atoms with E-state index in [-0.39, 0.29) is 10.6 Å². The highest BCUT2D eigenvalue weighted by atomic mass is 32.2. The van der Waals surface area contributed by atoms with E-state index in [0.717, 1.165) is 44.7 Å². The van der Waals surface area contributed by atoms with Gasteiger partial charge in [0.05, 0.1) is 4.90 Å². The minimum Gasteiger partial charge on any atom is -0.507 e. The Bertz CT molecular complexity index is 963. The molecule has 3 fully saturated rings. The molecule has 0 aliphatic carbocycles. The van der Waals surface area contributed by atoms with E-state index in [9.17, 15) is 13.5 Å². The Hall–Kier alpha value is -2.05. The fraction of sp³-hybridized carbons (Fsp3) is 0.368. The maximum absolute atomic E-state index is 13.0. The predicted octanol–water partition coefficient (Wildman–Crippen LogP) is 2.49. The maximum atomic E-state index is 13.0. The number of piperidine rings is 1. The standard InChI is InChI=1S/C19H20N2O3S/c22-17-3-1-2-16-15-5-4-14(12-18(15)25(23,24)19(16)17)21-11-10-20-8-6-13(21)7-9-20/h1-5,12-13,22H,6-11H2. The Balaban J connectivity index is 1.63. The van der Waals surface area contributed by atoms with Crippen molar-refractivity contribution in [3.05, 3.63) is 36.4 Å². The van der Waals surface area contributed by atoms with Crippen molar-refractivity contribution >= 4 is 15.5 Å². The van der Waals surface area contributed by atoms with Gasteiger partial charge in [0, 0.05) is 49.0 Å². The maximum Gasteiger partial charge on any atom is 0.211 e. The van der Waals surface area contributed by atoms with E-state index >= 15 is 0 Å². The number of fused-ring (bicyclic) bond motifs is 7. The third-order valence-corrected chi connectivity index (χ3v) is 7.68. The van der Waals surface area contributed by atoms with Crippen LogP contribution in [0.3, 0.4) is 0 Å². The number of anilines is 1. The highest BCUT2D eigenvalue weighted by Gasteiger charge is 2.37. The second kappa shape index (κ2) is 5.22. The van der Waals surface area contributed by atoms with Crippen LogP contribution in [0.4, 0.5) is 5.69 Å². The molecule has 4 aliphatic heterocycles. The third-order valence-electron chi connectivity index (χ3n) is 5.79. The molecule has 2 bridgehead atoms. The molecule has 4 heterocycles. The van der Waals surface area contributed by atoms with Gasteiger partial charge in [-0.15, -0.1) is 0 Å². The summed E-state index contributed by atoms with van der Waals surface area (Å²) in [4.78, 5) is 5.21. The van der Waals surface area contributed by atoms with Crippen LogP contribution in [0.25, 0.3) is 11.1 Å². The Morgan fingerprint density at radius 2 is 1.76 bits per heavy atom. The Morgan fingerprint density at radius 1 is 0.960 bits per heavy atom. The first-order chi connectivity index (χ1) is 12.1. The molecule has 5 nitrogen and oxygen atoms in total. The van der Waals surface area contributed by atoms with Crippen molar-refractivity contribution in [1.82, 2.24) is 4.90 Å². The van der Waals surface area contributed by atoms with Gasteiger partial charge in [0.2, 0.25) is 9.84 Å². The van der Waals surface area contributed by atoms with Crippen LogP contribution < -0.4 is 4.90 Å². The van der Waals surface area contributed by atoms with Crippen LogP contribution >= 0.6 is 0 Å². The quantitative estimate of drug-likeness (QED) is 0.726. The van der Waals surface area contributed by atoms with Gasteiger partial charge in [-0.1, -0.05) is 18.2 Å². The van der Waals surface area contributed by atoms with Gasteiger partial charge in [0.1, 0.15) is 10.6 Å². The van der Waals surface area contributed by atoms with E-state index in [2.05, 4.69) is 9.80 Å². The summed E-state index contributed by atoms with van der Waals surface area (Å²) >= 11 is 0. The smallest absolute Gasteiger partial charge is 0.211 e. The van der Waals surface area contributed by atoms with Crippen molar-refractivity contribution in [3.63, 3.8) is 0 Å². The summed E-state index contributed by atoms with van der Waals surface area (Å²) in [6.07, 6.45) is 2.26. The molecule has 0 amide bonds. The van der Waals surface area contributed by atoms with E-state index in [1.165, 1.54) is 6.07 Å². The average Bonchev–Trinajstić information content (AvgIpc) is 2.81. The van der Waals surface area contributed by atoms with E-state index in [1.54, 1.807) is 18.2 Å². The first-order valence-corrected chi connectivity index (χ1v) is 10.2. The summed E-state index contributed by atoms with van der Waals surface area (Å²) in [6.45, 7) is 4.22. The van der Waals surface area contributed by atoms with E-state index < -0.39 is 9.84 Å². The SMILES string of the molecule is O=S1(=O)c2cc(N3CCN4CCC3CC4)ccc2-c2cccc(O)c21. The van der Waals surface area contributed by atoms with Crippen LogP contribution in [0, 0.1) is 0 Å². The van der Waals surface area contributed by atoms with Crippen LogP contribution in [0.1, 0.15) is 12.8 Å². The fourth-order valence-corrected chi connectivity index (χ4v) is 6.26. The summed E-state index contributed by atoms with van der Waals surface area (Å²) in [6, 6.07) is 11.1. The zero-order valence-electron chi connectivity index (χ0n) is 13.9. The molecule has 25 heavy (non-hydrogen) atoms.